The van der Waals surface area contributed by atoms with Gasteiger partial charge in [-0.15, -0.1) is 0 Å². The lowest BCUT2D eigenvalue weighted by Gasteiger charge is -2.08. The molecule has 0 saturated carbocycles. The highest BCUT2D eigenvalue weighted by Crippen LogP contribution is 2.13. The van der Waals surface area contributed by atoms with E-state index >= 15 is 0 Å². The molecule has 2 aromatic rings. The first-order valence-electron chi connectivity index (χ1n) is 6.90. The van der Waals surface area contributed by atoms with Gasteiger partial charge in [-0.05, 0) is 18.6 Å². The van der Waals surface area contributed by atoms with Gasteiger partial charge in [-0.2, -0.15) is 0 Å². The van der Waals surface area contributed by atoms with Gasteiger partial charge in [0.05, 0.1) is 6.54 Å². The zero-order chi connectivity index (χ0) is 15.2. The van der Waals surface area contributed by atoms with Gasteiger partial charge in [0.2, 0.25) is 0 Å². The second-order valence-corrected chi connectivity index (χ2v) is 5.15. The predicted octanol–water partition coefficient (Wildman–Crippen LogP) is 1.77. The summed E-state index contributed by atoms with van der Waals surface area (Å²) in [6.45, 7) is 3.70. The number of aromatic nitrogens is 2. The molecule has 0 radical (unpaired) electrons. The molecule has 2 rings (SSSR count). The van der Waals surface area contributed by atoms with Crippen LogP contribution in [0, 0.1) is 0 Å². The lowest BCUT2D eigenvalue weighted by atomic mass is 10.2. The van der Waals surface area contributed by atoms with Crippen LogP contribution in [0.15, 0.2) is 41.5 Å². The van der Waals surface area contributed by atoms with Crippen molar-refractivity contribution in [3.63, 3.8) is 0 Å². The molecule has 6 heteroatoms. The third-order valence-corrected chi connectivity index (χ3v) is 3.34. The van der Waals surface area contributed by atoms with E-state index in [0.717, 1.165) is 18.5 Å². The predicted molar refractivity (Wildman–Crippen MR) is 86.8 cm³/mol. The fourth-order valence-electron chi connectivity index (χ4n) is 2.04. The summed E-state index contributed by atoms with van der Waals surface area (Å²) < 4.78 is 8.99. The van der Waals surface area contributed by atoms with Crippen molar-refractivity contribution >= 4 is 17.2 Å². The summed E-state index contributed by atoms with van der Waals surface area (Å²) in [7, 11) is 0. The monoisotopic (exact) mass is 305 g/mol. The number of ether oxygens (including phenoxy) is 1. The highest BCUT2D eigenvalue weighted by atomic mass is 32.1. The Morgan fingerprint density at radius 1 is 1.29 bits per heavy atom. The number of hydrogen-bond donors (Lipinski definition) is 1. The molecule has 0 saturated heterocycles. The molecule has 0 fully saturated rings. The van der Waals surface area contributed by atoms with Gasteiger partial charge < -0.3 is 10.5 Å². The molecular weight excluding hydrogens is 286 g/mol. The van der Waals surface area contributed by atoms with Crippen molar-refractivity contribution in [3.05, 3.63) is 52.7 Å². The average molecular weight is 305 g/mol. The van der Waals surface area contributed by atoms with Gasteiger partial charge >= 0.3 is 5.69 Å². The molecule has 5 nitrogen and oxygen atoms in total. The van der Waals surface area contributed by atoms with Crippen LogP contribution in [0.25, 0.3) is 0 Å². The molecular formula is C15H19N3O2S. The number of benzene rings is 1. The summed E-state index contributed by atoms with van der Waals surface area (Å²) >= 11 is 4.93. The van der Waals surface area contributed by atoms with Crippen LogP contribution in [0.5, 0.6) is 5.75 Å². The highest BCUT2D eigenvalue weighted by Gasteiger charge is 2.03. The van der Waals surface area contributed by atoms with E-state index in [2.05, 4.69) is 0 Å². The minimum Gasteiger partial charge on any atom is -0.492 e. The minimum atomic E-state index is -0.00247. The Morgan fingerprint density at radius 2 is 2.00 bits per heavy atom. The molecule has 0 unspecified atom stereocenters. The molecule has 1 heterocycles. The van der Waals surface area contributed by atoms with Gasteiger partial charge in [0.15, 0.2) is 0 Å². The molecule has 0 spiro atoms. The van der Waals surface area contributed by atoms with Gasteiger partial charge in [0, 0.05) is 24.5 Å². The molecule has 0 aliphatic carbocycles. The van der Waals surface area contributed by atoms with Crippen LogP contribution in [0.3, 0.4) is 0 Å². The van der Waals surface area contributed by atoms with E-state index in [9.17, 15) is 4.79 Å². The minimum absolute atomic E-state index is 0.00247. The summed E-state index contributed by atoms with van der Waals surface area (Å²) in [6.07, 6.45) is 4.53. The van der Waals surface area contributed by atoms with E-state index < -0.39 is 0 Å². The van der Waals surface area contributed by atoms with Gasteiger partial charge in [0.1, 0.15) is 17.3 Å². The SMILES string of the molecule is CCCn1ccn(CCOc2cccc(C(N)=S)c2)c1=O. The van der Waals surface area contributed by atoms with Crippen molar-refractivity contribution in [2.75, 3.05) is 6.61 Å². The van der Waals surface area contributed by atoms with Crippen LogP contribution >= 0.6 is 12.2 Å². The van der Waals surface area contributed by atoms with Crippen LogP contribution in [0.2, 0.25) is 0 Å². The quantitative estimate of drug-likeness (QED) is 0.792. The maximum Gasteiger partial charge on any atom is 0.328 e. The van der Waals surface area contributed by atoms with Crippen molar-refractivity contribution < 1.29 is 4.74 Å². The van der Waals surface area contributed by atoms with Crippen LogP contribution in [0.1, 0.15) is 18.9 Å². The normalized spacial score (nSPS) is 10.5. The van der Waals surface area contributed by atoms with Crippen LogP contribution in [0.4, 0.5) is 0 Å². The van der Waals surface area contributed by atoms with Gasteiger partial charge in [-0.25, -0.2) is 4.79 Å². The number of thiocarbonyl (C=S) groups is 1. The van der Waals surface area contributed by atoms with Crippen molar-refractivity contribution in [1.29, 1.82) is 0 Å². The Hall–Kier alpha value is -2.08. The third-order valence-electron chi connectivity index (χ3n) is 3.10. The number of hydrogen-bond acceptors (Lipinski definition) is 3. The van der Waals surface area contributed by atoms with Crippen molar-refractivity contribution in [2.24, 2.45) is 5.73 Å². The maximum atomic E-state index is 12.0. The average Bonchev–Trinajstić information content (AvgIpc) is 2.81. The first-order chi connectivity index (χ1) is 10.1. The Balaban J connectivity index is 1.94. The number of nitrogens with zero attached hydrogens (tertiary/aromatic N) is 2. The maximum absolute atomic E-state index is 12.0. The molecule has 1 aromatic heterocycles. The zero-order valence-electron chi connectivity index (χ0n) is 12.0. The lowest BCUT2D eigenvalue weighted by Crippen LogP contribution is -2.25. The fraction of sp³-hybridized carbons (Fsp3) is 0.333. The van der Waals surface area contributed by atoms with Crippen molar-refractivity contribution in [1.82, 2.24) is 9.13 Å². The fourth-order valence-corrected chi connectivity index (χ4v) is 2.16. The van der Waals surface area contributed by atoms with Crippen LogP contribution in [-0.4, -0.2) is 20.7 Å². The van der Waals surface area contributed by atoms with Crippen LogP contribution in [-0.2, 0) is 13.1 Å². The zero-order valence-corrected chi connectivity index (χ0v) is 12.8. The molecule has 0 amide bonds. The first kappa shape index (κ1) is 15.3. The molecule has 1 aromatic carbocycles. The Morgan fingerprint density at radius 3 is 2.67 bits per heavy atom. The molecule has 0 atom stereocenters. The second-order valence-electron chi connectivity index (χ2n) is 4.71. The topological polar surface area (TPSA) is 62.2 Å². The smallest absolute Gasteiger partial charge is 0.328 e. The van der Waals surface area contributed by atoms with E-state index in [-0.39, 0.29) is 5.69 Å². The largest absolute Gasteiger partial charge is 0.492 e. The Kier molecular flexibility index (Phi) is 5.16. The van der Waals surface area contributed by atoms with Crippen molar-refractivity contribution in [2.45, 2.75) is 26.4 Å². The number of aryl methyl sites for hydroxylation is 1. The highest BCUT2D eigenvalue weighted by molar-refractivity contribution is 7.80. The molecule has 112 valence electrons. The number of imidazole rings is 1. The summed E-state index contributed by atoms with van der Waals surface area (Å²) in [5, 5.41) is 0. The molecule has 21 heavy (non-hydrogen) atoms. The van der Waals surface area contributed by atoms with Gasteiger partial charge in [-0.3, -0.25) is 9.13 Å². The first-order valence-corrected chi connectivity index (χ1v) is 7.31. The Bertz CT molecular complexity index is 676. The van der Waals surface area contributed by atoms with E-state index in [1.165, 1.54) is 0 Å². The molecule has 0 aliphatic heterocycles. The van der Waals surface area contributed by atoms with Crippen LogP contribution < -0.4 is 16.2 Å². The van der Waals surface area contributed by atoms with Crippen molar-refractivity contribution in [3.8, 4) is 5.75 Å². The summed E-state index contributed by atoms with van der Waals surface area (Å²) in [5.41, 5.74) is 6.35. The van der Waals surface area contributed by atoms with Gasteiger partial charge in [-0.1, -0.05) is 31.3 Å². The van der Waals surface area contributed by atoms with E-state index in [1.54, 1.807) is 27.6 Å². The molecule has 2 N–H and O–H groups in total. The number of nitrogens with two attached hydrogens (primary N) is 1. The Labute approximate surface area is 129 Å². The molecule has 0 aliphatic rings. The third kappa shape index (κ3) is 3.95. The van der Waals surface area contributed by atoms with E-state index in [1.807, 2.05) is 25.1 Å². The standard InChI is InChI=1S/C15H19N3O2S/c1-2-6-17-7-8-18(15(17)19)9-10-20-13-5-3-4-12(11-13)14(16)21/h3-5,7-8,11H,2,6,9-10H2,1H3,(H2,16,21). The van der Waals surface area contributed by atoms with Gasteiger partial charge in [0.25, 0.3) is 0 Å². The summed E-state index contributed by atoms with van der Waals surface area (Å²) in [4.78, 5) is 12.3. The second kappa shape index (κ2) is 7.08. The summed E-state index contributed by atoms with van der Waals surface area (Å²) in [5.74, 6) is 0.696. The van der Waals surface area contributed by atoms with E-state index in [4.69, 9.17) is 22.7 Å². The lowest BCUT2D eigenvalue weighted by molar-refractivity contribution is 0.295. The van der Waals surface area contributed by atoms with E-state index in [0.29, 0.717) is 23.9 Å². The molecule has 0 bridgehead atoms. The summed E-state index contributed by atoms with van der Waals surface area (Å²) in [6, 6.07) is 7.32. The number of rotatable bonds is 7.